The Kier molecular flexibility index (Phi) is 12.0. The van der Waals surface area contributed by atoms with E-state index in [9.17, 15) is 51.9 Å². The molecular weight excluding hydrogens is 1410 g/mol. The normalized spacial score (nSPS) is 32.1. The summed E-state index contributed by atoms with van der Waals surface area (Å²) in [5, 5.41) is 5.62. The summed E-state index contributed by atoms with van der Waals surface area (Å²) < 4.78 is 138. The molecule has 12 fully saturated rings. The molecule has 14 heterocycles. The number of hydrogen-bond donors (Lipinski definition) is 5. The molecule has 2 bridgehead atoms. The number of benzene rings is 4. The summed E-state index contributed by atoms with van der Waals surface area (Å²) in [6.45, 7) is 5.63. The number of carbonyl (C=O) groups excluding carboxylic acids is 8. The predicted molar refractivity (Wildman–Crippen MR) is 350 cm³/mol. The summed E-state index contributed by atoms with van der Waals surface area (Å²) in [7, 11) is -18.1. The van der Waals surface area contributed by atoms with Crippen molar-refractivity contribution in [2.75, 3.05) is 82.6 Å². The van der Waals surface area contributed by atoms with Crippen LogP contribution in [0.15, 0.2) is 48.5 Å². The van der Waals surface area contributed by atoms with Gasteiger partial charge in [-0.2, -0.15) is 33.7 Å². The molecule has 5 N–H and O–H groups in total. The maximum atomic E-state index is 16.3. The number of rotatable bonds is 16. The van der Waals surface area contributed by atoms with Crippen LogP contribution in [-0.2, 0) is 66.2 Å². The van der Waals surface area contributed by atoms with E-state index in [0.29, 0.717) is 43.8 Å². The van der Waals surface area contributed by atoms with E-state index in [1.54, 1.807) is 90.1 Å². The number of amides is 16. The Balaban J connectivity index is 0.758. The molecule has 16 amide bonds. The van der Waals surface area contributed by atoms with Crippen LogP contribution in [0.1, 0.15) is 89.5 Å². The number of nitrogens with one attached hydrogen (secondary N) is 1. The summed E-state index contributed by atoms with van der Waals surface area (Å²) in [6.07, 6.45) is -0.970. The molecule has 41 heteroatoms. The molecule has 37 nitrogen and oxygen atoms in total. The van der Waals surface area contributed by atoms with Gasteiger partial charge in [0.25, 0.3) is 40.5 Å². The molecule has 14 aliphatic heterocycles. The Morgan fingerprint density at radius 1 is 0.307 bits per heavy atom. The van der Waals surface area contributed by atoms with Crippen LogP contribution in [-0.4, -0.2) is 268 Å². The van der Waals surface area contributed by atoms with Crippen molar-refractivity contribution in [1.82, 2.24) is 64.1 Å². The maximum Gasteiger partial charge on any atom is 0.330 e. The van der Waals surface area contributed by atoms with E-state index in [-0.39, 0.29) is 74.1 Å². The minimum atomic E-state index is -4.53. The minimum absolute atomic E-state index is 0.0791. The number of aryl methyl sites for hydroxylation is 4. The van der Waals surface area contributed by atoms with Gasteiger partial charge in [0.05, 0.1) is 45.8 Å². The lowest BCUT2D eigenvalue weighted by molar-refractivity contribution is -0.257. The quantitative estimate of drug-likeness (QED) is 0.101. The molecule has 4 aromatic carbocycles. The highest BCUT2D eigenvalue weighted by atomic mass is 32.2. The first-order valence-electron chi connectivity index (χ1n) is 32.8. The molecule has 2 spiro atoms. The molecule has 4 aromatic rings. The smallest absolute Gasteiger partial charge is 0.286 e. The lowest BCUT2D eigenvalue weighted by Gasteiger charge is -2.64. The Morgan fingerprint density at radius 3 is 0.713 bits per heavy atom. The standard InChI is InChI=1S/C60H67N17O20S4/c1-53-55(3)74-41-37(19-11-23-98(86,87)88)33-15-7-8-16-34(33)38(20-12-24-99(89,90)91)42(41)75(55)50(83)67(53)28-63-46(79)71-32-73-48(81)65-30-69-52(85)77-44-40(22-14-26-101(95,96)97)36-18-10-9-17-35(36)39(21-13-25-100(92,93)94)43(44)76-51(84)68(54(69,2)56(76,77)4)29-64-47(80)72-31-70-45(78)62(27-66(53)49(74)82)57(63,5)59(70,71)61-60(72,73)58(64,65)6/h7-10,15-18,61H,11-14,19-32H2,1-6H3,(H,86,87,88)(H,89,90,91)(H,92,93,94)(H,95,96,97). The molecule has 14 aliphatic rings. The predicted octanol–water partition coefficient (Wildman–Crippen LogP) is 2.91. The average molecular weight is 1470 g/mol. The summed E-state index contributed by atoms with van der Waals surface area (Å²) in [5.74, 6) is -7.01. The fourth-order valence-electron chi connectivity index (χ4n) is 20.5. The number of anilines is 4. The zero-order valence-corrected chi connectivity index (χ0v) is 58.2. The van der Waals surface area contributed by atoms with Crippen LogP contribution < -0.4 is 24.9 Å². The monoisotopic (exact) mass is 1470 g/mol. The molecule has 0 saturated carbocycles. The highest BCUT2D eigenvalue weighted by Crippen LogP contribution is 2.70. The molecule has 101 heavy (non-hydrogen) atoms. The number of fused-ring (bicyclic) bond motifs is 8. The van der Waals surface area contributed by atoms with Crippen LogP contribution in [0.3, 0.4) is 0 Å². The summed E-state index contributed by atoms with van der Waals surface area (Å²) in [5.41, 5.74) is -9.07. The SMILES string of the molecule is CC12N3CN4C(=O)N5CN6C(=O)N7CN8C(=O)N9c%10c(c(CCCS(=O)(=O)O)c%11ccccc%11c%10CCCS(=O)(=O)O)N%10C(=O)N(CN%11C(=O)N%12CN%13C(=O)N(CN1C(=O)N1c%14c(c(CCCS(=O)(=O)O)c%15ccccc%15c%14CCCS(=O)(=O)O)N(C3=O)C12C)C4(C)C5%13NC6%12C7%11C)C8(C)C9%10C. The van der Waals surface area contributed by atoms with Gasteiger partial charge in [0.1, 0.15) is 40.0 Å². The van der Waals surface area contributed by atoms with E-state index in [2.05, 4.69) is 5.32 Å². The second kappa shape index (κ2) is 18.9. The van der Waals surface area contributed by atoms with Gasteiger partial charge in [-0.3, -0.25) is 96.6 Å². The van der Waals surface area contributed by atoms with Gasteiger partial charge in [-0.05, 0) is 137 Å². The second-order valence-corrected chi connectivity index (χ2v) is 35.4. The third-order valence-electron chi connectivity index (χ3n) is 25.2. The first kappa shape index (κ1) is 64.3. The Labute approximate surface area is 576 Å². The summed E-state index contributed by atoms with van der Waals surface area (Å²) >= 11 is 0. The number of hydrogen-bond acceptors (Lipinski definition) is 17. The van der Waals surface area contributed by atoms with Crippen LogP contribution in [0.4, 0.5) is 61.1 Å². The van der Waals surface area contributed by atoms with E-state index in [4.69, 9.17) is 0 Å². The zero-order valence-electron chi connectivity index (χ0n) is 55.0. The lowest BCUT2D eigenvalue weighted by Crippen LogP contribution is -2.93. The molecular formula is C60H67N17O20S4. The van der Waals surface area contributed by atoms with Crippen molar-refractivity contribution in [2.24, 2.45) is 0 Å². The van der Waals surface area contributed by atoms with Crippen LogP contribution in [0.5, 0.6) is 0 Å². The molecule has 0 aromatic heterocycles. The van der Waals surface area contributed by atoms with Gasteiger partial charge in [0.2, 0.25) is 11.6 Å². The minimum Gasteiger partial charge on any atom is -0.286 e. The van der Waals surface area contributed by atoms with Crippen molar-refractivity contribution < 1.29 is 90.2 Å². The van der Waals surface area contributed by atoms with Crippen molar-refractivity contribution in [3.8, 4) is 0 Å². The fraction of sp³-hybridized carbons (Fsp3) is 0.533. The molecule has 536 valence electrons. The zero-order chi connectivity index (χ0) is 71.9. The van der Waals surface area contributed by atoms with Gasteiger partial charge in [-0.15, -0.1) is 0 Å². The highest BCUT2D eigenvalue weighted by Gasteiger charge is 2.93. The highest BCUT2D eigenvalue weighted by molar-refractivity contribution is 7.86. The Bertz CT molecular complexity index is 4620. The van der Waals surface area contributed by atoms with Gasteiger partial charge in [0, 0.05) is 0 Å². The molecule has 0 radical (unpaired) electrons. The van der Waals surface area contributed by atoms with Crippen LogP contribution in [0, 0.1) is 0 Å². The molecule has 0 atom stereocenters. The van der Waals surface area contributed by atoms with Crippen LogP contribution >= 0.6 is 0 Å². The molecule has 0 unspecified atom stereocenters. The first-order chi connectivity index (χ1) is 47.2. The van der Waals surface area contributed by atoms with Crippen molar-refractivity contribution in [1.29, 1.82) is 0 Å². The Hall–Kier alpha value is -8.84. The van der Waals surface area contributed by atoms with Gasteiger partial charge < -0.3 is 0 Å². The molecule has 0 aliphatic carbocycles. The van der Waals surface area contributed by atoms with Crippen LogP contribution in [0.25, 0.3) is 21.5 Å². The number of carbonyl (C=O) groups is 8. The van der Waals surface area contributed by atoms with Gasteiger partial charge in [-0.25, -0.2) is 43.7 Å². The molecule has 12 saturated heterocycles. The van der Waals surface area contributed by atoms with Gasteiger partial charge >= 0.3 is 48.2 Å². The van der Waals surface area contributed by atoms with E-state index in [1.807, 2.05) is 0 Å². The number of urea groups is 8. The van der Waals surface area contributed by atoms with E-state index < -0.39 is 197 Å². The Morgan fingerprint density at radius 2 is 0.505 bits per heavy atom. The van der Waals surface area contributed by atoms with E-state index in [1.165, 1.54) is 78.4 Å². The fourth-order valence-corrected chi connectivity index (χ4v) is 22.5. The van der Waals surface area contributed by atoms with E-state index in [0.717, 1.165) is 0 Å². The molecule has 18 rings (SSSR count). The lowest BCUT2D eigenvalue weighted by atomic mass is 9.91. The van der Waals surface area contributed by atoms with Crippen molar-refractivity contribution >= 4 is 133 Å². The second-order valence-electron chi connectivity index (χ2n) is 29.1. The van der Waals surface area contributed by atoms with Gasteiger partial charge in [-0.1, -0.05) is 48.5 Å². The maximum absolute atomic E-state index is 16.3. The first-order valence-corrected chi connectivity index (χ1v) is 39.2. The summed E-state index contributed by atoms with van der Waals surface area (Å²) in [4.78, 5) is 151. The van der Waals surface area contributed by atoms with Crippen molar-refractivity contribution in [3.05, 3.63) is 70.8 Å². The average Bonchev–Trinajstić information content (AvgIpc) is 1.45. The largest absolute Gasteiger partial charge is 0.330 e. The van der Waals surface area contributed by atoms with Crippen molar-refractivity contribution in [2.45, 2.75) is 138 Å². The third kappa shape index (κ3) is 6.94. The van der Waals surface area contributed by atoms with Crippen molar-refractivity contribution in [3.63, 3.8) is 0 Å². The third-order valence-corrected chi connectivity index (χ3v) is 28.4. The topological polar surface area (TPSA) is 418 Å². The summed E-state index contributed by atoms with van der Waals surface area (Å²) in [6, 6.07) is 7.36. The number of nitrogens with zero attached hydrogens (tertiary/aromatic N) is 16. The van der Waals surface area contributed by atoms with E-state index >= 15 is 38.4 Å². The van der Waals surface area contributed by atoms with Gasteiger partial charge in [0.15, 0.2) is 34.0 Å². The van der Waals surface area contributed by atoms with Crippen LogP contribution in [0.2, 0.25) is 0 Å².